The van der Waals surface area contributed by atoms with E-state index in [0.717, 1.165) is 25.7 Å². The van der Waals surface area contributed by atoms with Crippen LogP contribution in [0.1, 0.15) is 46.0 Å². The molecule has 0 saturated carbocycles. The van der Waals surface area contributed by atoms with Gasteiger partial charge in [-0.15, -0.1) is 0 Å². The summed E-state index contributed by atoms with van der Waals surface area (Å²) in [6, 6.07) is 0. The highest BCUT2D eigenvalue weighted by Crippen LogP contribution is 2.10. The second-order valence-corrected chi connectivity index (χ2v) is 3.92. The Morgan fingerprint density at radius 2 is 1.72 bits per heavy atom. The van der Waals surface area contributed by atoms with Crippen molar-refractivity contribution < 1.29 is 18.9 Å². The Labute approximate surface area is 111 Å². The highest BCUT2D eigenvalue weighted by atomic mass is 16.7. The number of rotatable bonds is 13. The van der Waals surface area contributed by atoms with Crippen LogP contribution in [0.2, 0.25) is 0 Å². The fourth-order valence-electron chi connectivity index (χ4n) is 1.58. The van der Waals surface area contributed by atoms with Crippen LogP contribution in [0.25, 0.3) is 0 Å². The SMILES string of the molecule is CCOC(CCCCCC=COCOC)OCC. The van der Waals surface area contributed by atoms with Crippen LogP contribution in [0, 0.1) is 0 Å². The second kappa shape index (κ2) is 14.5. The molecule has 0 aromatic heterocycles. The molecule has 18 heavy (non-hydrogen) atoms. The summed E-state index contributed by atoms with van der Waals surface area (Å²) in [5, 5.41) is 0. The van der Waals surface area contributed by atoms with Crippen LogP contribution in [0.15, 0.2) is 12.3 Å². The molecule has 0 amide bonds. The molecule has 0 fully saturated rings. The Kier molecular flexibility index (Phi) is 14.0. The lowest BCUT2D eigenvalue weighted by molar-refractivity contribution is -0.140. The lowest BCUT2D eigenvalue weighted by Gasteiger charge is -2.16. The standard InChI is InChI=1S/C14H28O4/c1-4-17-14(18-5-2)11-9-7-6-8-10-12-16-13-15-3/h10,12,14H,4-9,11,13H2,1-3H3. The van der Waals surface area contributed by atoms with Gasteiger partial charge in [-0.1, -0.05) is 6.42 Å². The van der Waals surface area contributed by atoms with Gasteiger partial charge in [-0.3, -0.25) is 0 Å². The maximum absolute atomic E-state index is 5.48. The topological polar surface area (TPSA) is 36.9 Å². The van der Waals surface area contributed by atoms with E-state index in [4.69, 9.17) is 18.9 Å². The highest BCUT2D eigenvalue weighted by molar-refractivity contribution is 4.72. The Balaban J connectivity index is 3.34. The van der Waals surface area contributed by atoms with Gasteiger partial charge >= 0.3 is 0 Å². The van der Waals surface area contributed by atoms with Crippen molar-refractivity contribution >= 4 is 0 Å². The molecule has 0 saturated heterocycles. The van der Waals surface area contributed by atoms with Crippen molar-refractivity contribution in [3.05, 3.63) is 12.3 Å². The van der Waals surface area contributed by atoms with E-state index in [9.17, 15) is 0 Å². The molecule has 0 radical (unpaired) electrons. The summed E-state index contributed by atoms with van der Waals surface area (Å²) in [6.07, 6.45) is 9.21. The molecule has 0 aliphatic heterocycles. The van der Waals surface area contributed by atoms with Gasteiger partial charge in [0, 0.05) is 20.3 Å². The van der Waals surface area contributed by atoms with Crippen LogP contribution in [0.3, 0.4) is 0 Å². The van der Waals surface area contributed by atoms with Crippen molar-refractivity contribution in [2.45, 2.75) is 52.2 Å². The molecule has 4 nitrogen and oxygen atoms in total. The number of hydrogen-bond donors (Lipinski definition) is 0. The van der Waals surface area contributed by atoms with E-state index in [0.29, 0.717) is 20.0 Å². The van der Waals surface area contributed by atoms with Crippen LogP contribution in [-0.2, 0) is 18.9 Å². The molecule has 0 aromatic rings. The van der Waals surface area contributed by atoms with E-state index in [1.165, 1.54) is 6.42 Å². The molecular formula is C14H28O4. The largest absolute Gasteiger partial charge is 0.476 e. The quantitative estimate of drug-likeness (QED) is 0.289. The van der Waals surface area contributed by atoms with Crippen LogP contribution < -0.4 is 0 Å². The minimum atomic E-state index is -0.0272. The van der Waals surface area contributed by atoms with Gasteiger partial charge in [-0.25, -0.2) is 0 Å². The molecule has 0 rings (SSSR count). The predicted octanol–water partition coefficient (Wildman–Crippen LogP) is 3.47. The molecule has 0 bridgehead atoms. The maximum atomic E-state index is 5.48. The smallest absolute Gasteiger partial charge is 0.187 e. The first kappa shape index (κ1) is 17.4. The Morgan fingerprint density at radius 3 is 2.33 bits per heavy atom. The Hall–Kier alpha value is -0.580. The zero-order valence-corrected chi connectivity index (χ0v) is 12.0. The zero-order chi connectivity index (χ0) is 13.5. The first-order chi connectivity index (χ1) is 8.85. The van der Waals surface area contributed by atoms with Crippen molar-refractivity contribution in [1.29, 1.82) is 0 Å². The molecule has 0 aromatic carbocycles. The van der Waals surface area contributed by atoms with E-state index >= 15 is 0 Å². The van der Waals surface area contributed by atoms with Gasteiger partial charge < -0.3 is 18.9 Å². The summed E-state index contributed by atoms with van der Waals surface area (Å²) >= 11 is 0. The Morgan fingerprint density at radius 1 is 1.00 bits per heavy atom. The summed E-state index contributed by atoms with van der Waals surface area (Å²) in [5.41, 5.74) is 0. The number of ether oxygens (including phenoxy) is 4. The van der Waals surface area contributed by atoms with E-state index in [1.54, 1.807) is 13.4 Å². The lowest BCUT2D eigenvalue weighted by atomic mass is 10.1. The van der Waals surface area contributed by atoms with Gasteiger partial charge in [0.1, 0.15) is 0 Å². The van der Waals surface area contributed by atoms with E-state index in [2.05, 4.69) is 0 Å². The molecular weight excluding hydrogens is 232 g/mol. The summed E-state index contributed by atoms with van der Waals surface area (Å²) < 4.78 is 20.8. The molecule has 0 N–H and O–H groups in total. The van der Waals surface area contributed by atoms with Crippen LogP contribution >= 0.6 is 0 Å². The van der Waals surface area contributed by atoms with Crippen molar-refractivity contribution in [1.82, 2.24) is 0 Å². The predicted molar refractivity (Wildman–Crippen MR) is 72.2 cm³/mol. The van der Waals surface area contributed by atoms with Crippen LogP contribution in [0.5, 0.6) is 0 Å². The van der Waals surface area contributed by atoms with E-state index < -0.39 is 0 Å². The normalized spacial score (nSPS) is 11.6. The van der Waals surface area contributed by atoms with Crippen LogP contribution in [0.4, 0.5) is 0 Å². The Bertz CT molecular complexity index is 177. The van der Waals surface area contributed by atoms with Gasteiger partial charge in [0.2, 0.25) is 0 Å². The number of methoxy groups -OCH3 is 1. The summed E-state index contributed by atoms with van der Waals surface area (Å²) in [5.74, 6) is 0. The maximum Gasteiger partial charge on any atom is 0.187 e. The number of allylic oxidation sites excluding steroid dienone is 1. The molecule has 0 aliphatic rings. The van der Waals surface area contributed by atoms with Gasteiger partial charge in [0.05, 0.1) is 6.26 Å². The van der Waals surface area contributed by atoms with Crippen molar-refractivity contribution in [3.8, 4) is 0 Å². The molecule has 0 unspecified atom stereocenters. The van der Waals surface area contributed by atoms with E-state index in [1.807, 2.05) is 19.9 Å². The lowest BCUT2D eigenvalue weighted by Crippen LogP contribution is -2.17. The molecule has 0 aliphatic carbocycles. The summed E-state index contributed by atoms with van der Waals surface area (Å²) in [4.78, 5) is 0. The van der Waals surface area contributed by atoms with Crippen molar-refractivity contribution in [2.75, 3.05) is 27.1 Å². The monoisotopic (exact) mass is 260 g/mol. The first-order valence-electron chi connectivity index (χ1n) is 6.83. The average Bonchev–Trinajstić information content (AvgIpc) is 2.37. The molecule has 0 heterocycles. The average molecular weight is 260 g/mol. The minimum absolute atomic E-state index is 0.0272. The fraction of sp³-hybridized carbons (Fsp3) is 0.857. The van der Waals surface area contributed by atoms with Crippen LogP contribution in [-0.4, -0.2) is 33.4 Å². The minimum Gasteiger partial charge on any atom is -0.476 e. The van der Waals surface area contributed by atoms with Gasteiger partial charge in [-0.05, 0) is 45.6 Å². The second-order valence-electron chi connectivity index (χ2n) is 3.92. The zero-order valence-electron chi connectivity index (χ0n) is 12.0. The van der Waals surface area contributed by atoms with Gasteiger partial charge in [-0.2, -0.15) is 0 Å². The third kappa shape index (κ3) is 11.9. The third-order valence-corrected chi connectivity index (χ3v) is 2.39. The summed E-state index contributed by atoms with van der Waals surface area (Å²) in [6.45, 7) is 5.74. The highest BCUT2D eigenvalue weighted by Gasteiger charge is 2.06. The number of unbranched alkanes of at least 4 members (excludes halogenated alkanes) is 3. The first-order valence-corrected chi connectivity index (χ1v) is 6.83. The third-order valence-electron chi connectivity index (χ3n) is 2.39. The molecule has 108 valence electrons. The molecule has 0 atom stereocenters. The summed E-state index contributed by atoms with van der Waals surface area (Å²) in [7, 11) is 1.61. The van der Waals surface area contributed by atoms with Gasteiger partial charge in [0.25, 0.3) is 0 Å². The van der Waals surface area contributed by atoms with Gasteiger partial charge in [0.15, 0.2) is 13.1 Å². The van der Waals surface area contributed by atoms with E-state index in [-0.39, 0.29) is 6.29 Å². The van der Waals surface area contributed by atoms with Crippen molar-refractivity contribution in [3.63, 3.8) is 0 Å². The molecule has 0 spiro atoms. The fourth-order valence-corrected chi connectivity index (χ4v) is 1.58. The number of hydrogen-bond acceptors (Lipinski definition) is 4. The van der Waals surface area contributed by atoms with Crippen molar-refractivity contribution in [2.24, 2.45) is 0 Å². The molecule has 4 heteroatoms.